The average Bonchev–Trinajstić information content (AvgIpc) is 2.99. The van der Waals surface area contributed by atoms with E-state index in [1.807, 2.05) is 30.5 Å². The van der Waals surface area contributed by atoms with Gasteiger partial charge in [-0.25, -0.2) is 0 Å². The monoisotopic (exact) mass is 379 g/mol. The number of carboxylic acids is 1. The van der Waals surface area contributed by atoms with Crippen LogP contribution in [0, 0.1) is 0 Å². The van der Waals surface area contributed by atoms with Crippen LogP contribution in [0.2, 0.25) is 5.02 Å². The Bertz CT molecular complexity index is 723. The van der Waals surface area contributed by atoms with Crippen molar-refractivity contribution in [3.63, 3.8) is 0 Å². The first kappa shape index (κ1) is 17.7. The molecule has 3 rings (SSSR count). The van der Waals surface area contributed by atoms with Gasteiger partial charge in [-0.2, -0.15) is 0 Å². The quantitative estimate of drug-likeness (QED) is 0.807. The normalized spacial score (nSPS) is 23.3. The Balaban J connectivity index is 1.87. The highest BCUT2D eigenvalue weighted by molar-refractivity contribution is 7.99. The van der Waals surface area contributed by atoms with Gasteiger partial charge in [0.05, 0.1) is 5.75 Å². The fraction of sp³-hybridized carbons (Fsp3) is 0.278. The van der Waals surface area contributed by atoms with Crippen molar-refractivity contribution in [2.75, 3.05) is 12.0 Å². The van der Waals surface area contributed by atoms with Crippen LogP contribution in [0.1, 0.15) is 16.5 Å². The van der Waals surface area contributed by atoms with Crippen LogP contribution in [0.4, 0.5) is 0 Å². The first-order valence-corrected chi connectivity index (χ1v) is 10.3. The molecular formula is C18H18ClNO2S2. The van der Waals surface area contributed by atoms with Crippen molar-refractivity contribution in [2.45, 2.75) is 22.9 Å². The number of thioether (sulfide) groups is 2. The maximum atomic E-state index is 11.6. The smallest absolute Gasteiger partial charge is 0.161 e. The van der Waals surface area contributed by atoms with Crippen LogP contribution in [0.5, 0.6) is 0 Å². The van der Waals surface area contributed by atoms with Crippen LogP contribution < -0.4 is 10.0 Å². The lowest BCUT2D eigenvalue weighted by molar-refractivity contribution is -0.940. The maximum Gasteiger partial charge on any atom is 0.161 e. The highest BCUT2D eigenvalue weighted by atomic mass is 35.5. The molecule has 2 aromatic rings. The van der Waals surface area contributed by atoms with Gasteiger partial charge in [0, 0.05) is 21.0 Å². The number of halogens is 1. The molecule has 126 valence electrons. The summed E-state index contributed by atoms with van der Waals surface area (Å²) in [6.45, 7) is 0.650. The molecule has 0 bridgehead atoms. The molecule has 1 N–H and O–H groups in total. The highest BCUT2D eigenvalue weighted by Crippen LogP contribution is 2.30. The van der Waals surface area contributed by atoms with Gasteiger partial charge in [0.15, 0.2) is 5.37 Å². The molecule has 1 unspecified atom stereocenters. The summed E-state index contributed by atoms with van der Waals surface area (Å²) in [4.78, 5) is 13.8. The molecule has 0 aromatic heterocycles. The summed E-state index contributed by atoms with van der Waals surface area (Å²) in [7, 11) is 0. The minimum Gasteiger partial charge on any atom is -0.544 e. The topological polar surface area (TPSA) is 44.6 Å². The van der Waals surface area contributed by atoms with Crippen LogP contribution in [0.3, 0.4) is 0 Å². The summed E-state index contributed by atoms with van der Waals surface area (Å²) in [5.74, 6) is -0.430. The van der Waals surface area contributed by atoms with E-state index < -0.39 is 12.0 Å². The van der Waals surface area contributed by atoms with E-state index >= 15 is 0 Å². The minimum atomic E-state index is -0.984. The van der Waals surface area contributed by atoms with E-state index in [-0.39, 0.29) is 5.37 Å². The molecule has 0 radical (unpaired) electrons. The van der Waals surface area contributed by atoms with Crippen molar-refractivity contribution in [3.8, 4) is 0 Å². The van der Waals surface area contributed by atoms with E-state index in [1.165, 1.54) is 4.90 Å². The zero-order valence-corrected chi connectivity index (χ0v) is 15.6. The Morgan fingerprint density at radius 1 is 1.33 bits per heavy atom. The number of hydrogen-bond donors (Lipinski definition) is 1. The number of benzene rings is 2. The van der Waals surface area contributed by atoms with Gasteiger partial charge in [-0.05, 0) is 30.5 Å². The zero-order chi connectivity index (χ0) is 17.1. The molecule has 0 saturated carbocycles. The molecule has 1 saturated heterocycles. The van der Waals surface area contributed by atoms with Gasteiger partial charge >= 0.3 is 0 Å². The first-order chi connectivity index (χ1) is 11.6. The van der Waals surface area contributed by atoms with Crippen molar-refractivity contribution in [3.05, 3.63) is 64.7 Å². The van der Waals surface area contributed by atoms with Crippen molar-refractivity contribution < 1.29 is 14.8 Å². The third-order valence-electron chi connectivity index (χ3n) is 4.22. The lowest BCUT2D eigenvalue weighted by Gasteiger charge is -2.27. The standard InChI is InChI=1S/C18H18ClNO2S2/c1-23-15-7-5-12(6-8-15)10-20-16(18(21)22)11-24-17(20)13-3-2-4-14(19)9-13/h2-9,16-17H,10-11H2,1H3,(H,21,22)/t16-,17-/m1/s1. The van der Waals surface area contributed by atoms with Gasteiger partial charge in [-0.15, -0.1) is 11.8 Å². The summed E-state index contributed by atoms with van der Waals surface area (Å²) >= 11 is 9.46. The molecule has 1 aliphatic rings. The van der Waals surface area contributed by atoms with Crippen molar-refractivity contribution >= 4 is 41.1 Å². The number of carbonyl (C=O) groups excluding carboxylic acids is 1. The van der Waals surface area contributed by atoms with Gasteiger partial charge < -0.3 is 14.8 Å². The van der Waals surface area contributed by atoms with E-state index in [4.69, 9.17) is 11.6 Å². The fourth-order valence-electron chi connectivity index (χ4n) is 2.98. The Morgan fingerprint density at radius 3 is 2.71 bits per heavy atom. The molecule has 3 nitrogen and oxygen atoms in total. The Labute approximate surface area is 155 Å². The Morgan fingerprint density at radius 2 is 2.08 bits per heavy atom. The van der Waals surface area contributed by atoms with Crippen LogP contribution >= 0.6 is 35.1 Å². The summed E-state index contributed by atoms with van der Waals surface area (Å²) in [6.07, 6.45) is 2.04. The predicted molar refractivity (Wildman–Crippen MR) is 98.3 cm³/mol. The van der Waals surface area contributed by atoms with Crippen molar-refractivity contribution in [2.24, 2.45) is 0 Å². The van der Waals surface area contributed by atoms with Gasteiger partial charge in [0.2, 0.25) is 0 Å². The lowest BCUT2D eigenvalue weighted by atomic mass is 10.1. The molecule has 1 aliphatic heterocycles. The largest absolute Gasteiger partial charge is 0.544 e. The molecule has 0 amide bonds. The summed E-state index contributed by atoms with van der Waals surface area (Å²) in [6, 6.07) is 15.5. The van der Waals surface area contributed by atoms with Gasteiger partial charge in [-0.1, -0.05) is 47.6 Å². The van der Waals surface area contributed by atoms with E-state index in [2.05, 4.69) is 24.3 Å². The van der Waals surface area contributed by atoms with E-state index in [0.717, 1.165) is 16.0 Å². The predicted octanol–water partition coefficient (Wildman–Crippen LogP) is 2.01. The molecular weight excluding hydrogens is 362 g/mol. The third kappa shape index (κ3) is 3.91. The number of carbonyl (C=O) groups is 1. The van der Waals surface area contributed by atoms with Crippen LogP contribution in [0.15, 0.2) is 53.4 Å². The Kier molecular flexibility index (Phi) is 5.76. The van der Waals surface area contributed by atoms with Crippen molar-refractivity contribution in [1.29, 1.82) is 0 Å². The second-order valence-electron chi connectivity index (χ2n) is 5.74. The van der Waals surface area contributed by atoms with Gasteiger partial charge in [-0.3, -0.25) is 0 Å². The van der Waals surface area contributed by atoms with Crippen LogP contribution in [-0.4, -0.2) is 24.0 Å². The third-order valence-corrected chi connectivity index (χ3v) is 6.63. The lowest BCUT2D eigenvalue weighted by Crippen LogP contribution is -3.14. The van der Waals surface area contributed by atoms with Crippen LogP contribution in [-0.2, 0) is 11.3 Å². The van der Waals surface area contributed by atoms with Crippen LogP contribution in [0.25, 0.3) is 0 Å². The Hall–Kier alpha value is -1.14. The SMILES string of the molecule is CSc1ccc(C[NH+]2[C@@H](C(=O)[O-])CS[C@@H]2c2cccc(Cl)c2)cc1. The second-order valence-corrected chi connectivity index (χ2v) is 8.19. The number of carboxylic acid groups (broad SMARTS) is 1. The summed E-state index contributed by atoms with van der Waals surface area (Å²) < 4.78 is 0. The average molecular weight is 380 g/mol. The molecule has 0 spiro atoms. The molecule has 1 fully saturated rings. The number of hydrogen-bond acceptors (Lipinski definition) is 4. The first-order valence-electron chi connectivity index (χ1n) is 7.65. The highest BCUT2D eigenvalue weighted by Gasteiger charge is 2.40. The molecule has 3 atom stereocenters. The van der Waals surface area contributed by atoms with E-state index in [0.29, 0.717) is 17.3 Å². The van der Waals surface area contributed by atoms with Gasteiger partial charge in [0.25, 0.3) is 0 Å². The van der Waals surface area contributed by atoms with Gasteiger partial charge in [0.1, 0.15) is 18.6 Å². The second kappa shape index (κ2) is 7.83. The van der Waals surface area contributed by atoms with E-state index in [1.54, 1.807) is 23.5 Å². The minimum absolute atomic E-state index is 0.0480. The number of quaternary nitrogens is 1. The number of aliphatic carboxylic acids is 1. The molecule has 6 heteroatoms. The molecule has 24 heavy (non-hydrogen) atoms. The molecule has 2 aromatic carbocycles. The number of nitrogens with one attached hydrogen (secondary N) is 1. The fourth-order valence-corrected chi connectivity index (χ4v) is 5.13. The zero-order valence-electron chi connectivity index (χ0n) is 13.2. The maximum absolute atomic E-state index is 11.6. The van der Waals surface area contributed by atoms with Crippen molar-refractivity contribution in [1.82, 2.24) is 0 Å². The summed E-state index contributed by atoms with van der Waals surface area (Å²) in [5, 5.41) is 12.3. The molecule has 0 aliphatic carbocycles. The number of rotatable bonds is 5. The summed E-state index contributed by atoms with van der Waals surface area (Å²) in [5.41, 5.74) is 2.19. The molecule has 1 heterocycles. The van der Waals surface area contributed by atoms with E-state index in [9.17, 15) is 9.90 Å².